The minimum atomic E-state index is -4.74. The smallest absolute Gasteiger partial charge is 0.415 e. The van der Waals surface area contributed by atoms with E-state index in [-0.39, 0.29) is 18.4 Å². The first kappa shape index (κ1) is 28.5. The summed E-state index contributed by atoms with van der Waals surface area (Å²) in [5.41, 5.74) is -0.377. The third-order valence-electron chi connectivity index (χ3n) is 7.90. The van der Waals surface area contributed by atoms with Gasteiger partial charge in [0.2, 0.25) is 17.4 Å². The predicted molar refractivity (Wildman–Crippen MR) is 137 cm³/mol. The Balaban J connectivity index is 1.45. The number of hydrogen-bond donors (Lipinski definition) is 3. The van der Waals surface area contributed by atoms with Gasteiger partial charge < -0.3 is 20.3 Å². The van der Waals surface area contributed by atoms with Crippen molar-refractivity contribution in [2.24, 2.45) is 0 Å². The molecule has 2 aromatic carbocycles. The van der Waals surface area contributed by atoms with Gasteiger partial charge in [0.05, 0.1) is 6.04 Å². The summed E-state index contributed by atoms with van der Waals surface area (Å²) < 4.78 is 60.2. The number of carbonyl (C=O) groups is 4. The van der Waals surface area contributed by atoms with Gasteiger partial charge in [-0.2, -0.15) is 13.2 Å². The molecule has 2 heterocycles. The van der Waals surface area contributed by atoms with Crippen LogP contribution >= 0.6 is 0 Å². The fraction of sp³-hybridized carbons (Fsp3) is 0.429. The van der Waals surface area contributed by atoms with Gasteiger partial charge in [-0.05, 0) is 67.6 Å². The Hall–Kier alpha value is -4.00. The average molecular weight is 577 g/mol. The Morgan fingerprint density at radius 2 is 1.90 bits per heavy atom. The van der Waals surface area contributed by atoms with Gasteiger partial charge in [0, 0.05) is 30.6 Å². The summed E-state index contributed by atoms with van der Waals surface area (Å²) in [6.45, 7) is 1.15. The van der Waals surface area contributed by atoms with E-state index in [0.717, 1.165) is 25.5 Å². The minimum absolute atomic E-state index is 0.169. The molecule has 0 radical (unpaired) electrons. The maximum atomic E-state index is 13.8. The summed E-state index contributed by atoms with van der Waals surface area (Å²) in [5.74, 6) is -3.25. The first-order chi connectivity index (χ1) is 19.4. The lowest BCUT2D eigenvalue weighted by Crippen LogP contribution is -2.46. The van der Waals surface area contributed by atoms with Crippen molar-refractivity contribution < 1.29 is 41.5 Å². The SMILES string of the molecule is C[C@H](N(Cc1ccc(F)cc1)C(=O)CC1C[C@@]2(OC(=O)NC2=O)c2ccc(NC(=O)C3CCCN3)cc21)C(F)(F)F. The van der Waals surface area contributed by atoms with Crippen molar-refractivity contribution in [3.05, 3.63) is 65.0 Å². The number of carbonyl (C=O) groups excluding carboxylic acids is 4. The molecule has 0 saturated carbocycles. The number of halogens is 4. The third kappa shape index (κ3) is 5.63. The van der Waals surface area contributed by atoms with Crippen LogP contribution in [0.1, 0.15) is 55.2 Å². The Morgan fingerprint density at radius 3 is 2.51 bits per heavy atom. The van der Waals surface area contributed by atoms with Gasteiger partial charge in [0.15, 0.2) is 0 Å². The molecule has 2 fully saturated rings. The highest BCUT2D eigenvalue weighted by molar-refractivity contribution is 6.04. The summed E-state index contributed by atoms with van der Waals surface area (Å²) in [6.07, 6.45) is -4.81. The van der Waals surface area contributed by atoms with Crippen molar-refractivity contribution in [1.29, 1.82) is 0 Å². The van der Waals surface area contributed by atoms with Crippen LogP contribution in [0.15, 0.2) is 42.5 Å². The monoisotopic (exact) mass is 576 g/mol. The maximum absolute atomic E-state index is 13.8. The zero-order valence-electron chi connectivity index (χ0n) is 22.0. The van der Waals surface area contributed by atoms with Crippen molar-refractivity contribution in [3.63, 3.8) is 0 Å². The van der Waals surface area contributed by atoms with Crippen molar-refractivity contribution in [2.45, 2.75) is 68.9 Å². The van der Waals surface area contributed by atoms with E-state index >= 15 is 0 Å². The number of benzene rings is 2. The molecule has 41 heavy (non-hydrogen) atoms. The molecule has 3 N–H and O–H groups in total. The molecule has 2 aliphatic heterocycles. The van der Waals surface area contributed by atoms with Crippen LogP contribution in [0.4, 0.5) is 28.0 Å². The molecule has 2 aromatic rings. The number of alkyl halides is 3. The van der Waals surface area contributed by atoms with E-state index in [9.17, 15) is 36.7 Å². The summed E-state index contributed by atoms with van der Waals surface area (Å²) in [7, 11) is 0. The van der Waals surface area contributed by atoms with Gasteiger partial charge in [0.25, 0.3) is 5.91 Å². The number of fused-ring (bicyclic) bond motifs is 2. The topological polar surface area (TPSA) is 117 Å². The number of ether oxygens (including phenoxy) is 1. The van der Waals surface area contributed by atoms with Crippen LogP contribution in [0.5, 0.6) is 0 Å². The quantitative estimate of drug-likeness (QED) is 0.432. The van der Waals surface area contributed by atoms with Gasteiger partial charge in [-0.25, -0.2) is 9.18 Å². The standard InChI is InChI=1S/C28H28F4N4O5/c1-15(28(30,31)32)36(14-16-4-6-18(29)7-5-16)23(37)11-17-13-27(25(39)35-26(40)41-27)21-9-8-19(12-20(17)21)34-24(38)22-3-2-10-33-22/h4-9,12,15,17,22,33H,2-3,10-11,13-14H2,1H3,(H,34,38)(H,35,39,40)/t15-,17?,22?,27+/m0/s1. The second kappa shape index (κ2) is 10.8. The lowest BCUT2D eigenvalue weighted by molar-refractivity contribution is -0.187. The van der Waals surface area contributed by atoms with E-state index in [1.807, 2.05) is 0 Å². The number of nitrogens with one attached hydrogen (secondary N) is 3. The molecule has 2 unspecified atom stereocenters. The number of rotatable bonds is 7. The summed E-state index contributed by atoms with van der Waals surface area (Å²) in [4.78, 5) is 51.7. The Labute approximate surface area is 232 Å². The molecule has 218 valence electrons. The highest BCUT2D eigenvalue weighted by Gasteiger charge is 2.57. The van der Waals surface area contributed by atoms with Gasteiger partial charge in [-0.3, -0.25) is 19.7 Å². The molecule has 5 rings (SSSR count). The Kier molecular flexibility index (Phi) is 7.49. The first-order valence-corrected chi connectivity index (χ1v) is 13.2. The summed E-state index contributed by atoms with van der Waals surface area (Å²) in [6, 6.07) is 6.88. The Bertz CT molecular complexity index is 1380. The number of amides is 4. The number of hydrogen-bond acceptors (Lipinski definition) is 6. The molecule has 0 aromatic heterocycles. The van der Waals surface area contributed by atoms with Gasteiger partial charge >= 0.3 is 12.3 Å². The fourth-order valence-electron chi connectivity index (χ4n) is 5.70. The molecule has 13 heteroatoms. The number of nitrogens with zero attached hydrogens (tertiary/aromatic N) is 1. The van der Waals surface area contributed by atoms with Crippen molar-refractivity contribution >= 4 is 29.5 Å². The highest BCUT2D eigenvalue weighted by atomic mass is 19.4. The van der Waals surface area contributed by atoms with E-state index in [2.05, 4.69) is 16.0 Å². The van der Waals surface area contributed by atoms with E-state index in [4.69, 9.17) is 4.74 Å². The van der Waals surface area contributed by atoms with Crippen LogP contribution < -0.4 is 16.0 Å². The first-order valence-electron chi connectivity index (χ1n) is 13.2. The van der Waals surface area contributed by atoms with E-state index in [0.29, 0.717) is 40.2 Å². The van der Waals surface area contributed by atoms with Crippen LogP contribution in [0.2, 0.25) is 0 Å². The number of imide groups is 1. The fourth-order valence-corrected chi connectivity index (χ4v) is 5.70. The molecular formula is C28H28F4N4O5. The van der Waals surface area contributed by atoms with E-state index in [1.165, 1.54) is 18.2 Å². The molecule has 0 bridgehead atoms. The largest absolute Gasteiger partial charge is 0.427 e. The Morgan fingerprint density at radius 1 is 1.17 bits per heavy atom. The molecule has 9 nitrogen and oxygen atoms in total. The van der Waals surface area contributed by atoms with Gasteiger partial charge in [0.1, 0.15) is 11.9 Å². The molecule has 1 aliphatic carbocycles. The lowest BCUT2D eigenvalue weighted by Gasteiger charge is -2.32. The molecule has 3 aliphatic rings. The van der Waals surface area contributed by atoms with Crippen LogP contribution in [-0.4, -0.2) is 53.5 Å². The lowest BCUT2D eigenvalue weighted by atomic mass is 9.94. The second-order valence-electron chi connectivity index (χ2n) is 10.6. The second-order valence-corrected chi connectivity index (χ2v) is 10.6. The van der Waals surface area contributed by atoms with E-state index < -0.39 is 60.4 Å². The van der Waals surface area contributed by atoms with Crippen LogP contribution in [0.25, 0.3) is 0 Å². The maximum Gasteiger partial charge on any atom is 0.415 e. The molecule has 1 spiro atoms. The van der Waals surface area contributed by atoms with Crippen molar-refractivity contribution in [3.8, 4) is 0 Å². The number of alkyl carbamates (subject to hydrolysis) is 1. The van der Waals surface area contributed by atoms with Gasteiger partial charge in [-0.1, -0.05) is 18.2 Å². The molecular weight excluding hydrogens is 548 g/mol. The van der Waals surface area contributed by atoms with Crippen molar-refractivity contribution in [2.75, 3.05) is 11.9 Å². The zero-order chi connectivity index (χ0) is 29.5. The molecule has 2 saturated heterocycles. The van der Waals surface area contributed by atoms with Crippen LogP contribution in [-0.2, 0) is 31.3 Å². The normalized spacial score (nSPS) is 24.1. The minimum Gasteiger partial charge on any atom is -0.427 e. The average Bonchev–Trinajstić information content (AvgIpc) is 3.62. The summed E-state index contributed by atoms with van der Waals surface area (Å²) in [5, 5.41) is 7.98. The zero-order valence-corrected chi connectivity index (χ0v) is 22.0. The highest BCUT2D eigenvalue weighted by Crippen LogP contribution is 2.51. The van der Waals surface area contributed by atoms with E-state index in [1.54, 1.807) is 12.1 Å². The molecule has 4 atom stereocenters. The van der Waals surface area contributed by atoms with Crippen molar-refractivity contribution in [1.82, 2.24) is 15.5 Å². The predicted octanol–water partition coefficient (Wildman–Crippen LogP) is 3.83. The third-order valence-corrected chi connectivity index (χ3v) is 7.90. The van der Waals surface area contributed by atoms with Gasteiger partial charge in [-0.15, -0.1) is 0 Å². The molecule has 4 amide bonds. The van der Waals surface area contributed by atoms with Crippen LogP contribution in [0, 0.1) is 5.82 Å². The number of anilines is 1. The summed E-state index contributed by atoms with van der Waals surface area (Å²) >= 11 is 0. The van der Waals surface area contributed by atoms with Crippen LogP contribution in [0.3, 0.4) is 0 Å².